The number of hydrogen-bond acceptors (Lipinski definition) is 4. The highest BCUT2D eigenvalue weighted by Gasteiger charge is 2.16. The molecule has 0 amide bonds. The van der Waals surface area contributed by atoms with Gasteiger partial charge >= 0.3 is 0 Å². The summed E-state index contributed by atoms with van der Waals surface area (Å²) in [5, 5.41) is 4.76. The summed E-state index contributed by atoms with van der Waals surface area (Å²) >= 11 is 6.98. The van der Waals surface area contributed by atoms with Gasteiger partial charge in [-0.05, 0) is 53.1 Å². The summed E-state index contributed by atoms with van der Waals surface area (Å²) in [6.45, 7) is 1.38. The maximum atomic E-state index is 12.8. The Bertz CT molecular complexity index is 1350. The van der Waals surface area contributed by atoms with Gasteiger partial charge in [0.2, 0.25) is 10.0 Å². The predicted octanol–water partition coefficient (Wildman–Crippen LogP) is 5.76. The Hall–Kier alpha value is -2.36. The van der Waals surface area contributed by atoms with E-state index in [-0.39, 0.29) is 11.4 Å². The van der Waals surface area contributed by atoms with Crippen molar-refractivity contribution in [2.45, 2.75) is 4.90 Å². The number of fused-ring (bicyclic) bond motifs is 1. The van der Waals surface area contributed by atoms with Crippen molar-refractivity contribution in [1.82, 2.24) is 15.0 Å². The summed E-state index contributed by atoms with van der Waals surface area (Å²) in [7, 11) is -3.63. The fraction of sp³-hybridized carbons (Fsp3) is 0.115. The lowest BCUT2D eigenvalue weighted by Crippen LogP contribution is -2.32. The summed E-state index contributed by atoms with van der Waals surface area (Å²) in [6, 6.07) is 23.3. The van der Waals surface area contributed by atoms with Crippen molar-refractivity contribution in [1.29, 1.82) is 0 Å². The molecule has 2 N–H and O–H groups in total. The van der Waals surface area contributed by atoms with Crippen molar-refractivity contribution < 1.29 is 8.42 Å². The quantitative estimate of drug-likeness (QED) is 0.240. The van der Waals surface area contributed by atoms with Crippen LogP contribution in [0.25, 0.3) is 16.3 Å². The monoisotopic (exact) mass is 599 g/mol. The second-order valence-electron chi connectivity index (χ2n) is 7.59. The fourth-order valence-corrected chi connectivity index (χ4v) is 5.40. The van der Waals surface area contributed by atoms with Crippen molar-refractivity contribution in [2.75, 3.05) is 19.6 Å². The first-order valence-corrected chi connectivity index (χ1v) is 13.8. The number of benzene rings is 3. The molecule has 4 rings (SSSR count). The Kier molecular flexibility index (Phi) is 8.28. The van der Waals surface area contributed by atoms with Crippen LogP contribution in [0.4, 0.5) is 0 Å². The van der Waals surface area contributed by atoms with E-state index in [0.717, 1.165) is 31.0 Å². The molecule has 8 heteroatoms. The smallest absolute Gasteiger partial charge is 0.241 e. The van der Waals surface area contributed by atoms with Gasteiger partial charge in [-0.3, -0.25) is 4.98 Å². The van der Waals surface area contributed by atoms with E-state index in [2.05, 4.69) is 77.2 Å². The molecule has 3 aromatic carbocycles. The Morgan fingerprint density at radius 3 is 2.15 bits per heavy atom. The van der Waals surface area contributed by atoms with E-state index in [1.54, 1.807) is 30.6 Å². The Morgan fingerprint density at radius 2 is 1.50 bits per heavy atom. The molecule has 174 valence electrons. The molecule has 0 aliphatic carbocycles. The highest BCUT2D eigenvalue weighted by Crippen LogP contribution is 2.26. The Labute approximate surface area is 216 Å². The van der Waals surface area contributed by atoms with Gasteiger partial charge in [-0.2, -0.15) is 0 Å². The number of nitrogens with zero attached hydrogens (tertiary/aromatic N) is 1. The number of rotatable bonds is 9. The van der Waals surface area contributed by atoms with Crippen LogP contribution in [0.3, 0.4) is 0 Å². The van der Waals surface area contributed by atoms with Gasteiger partial charge < -0.3 is 5.32 Å². The molecule has 34 heavy (non-hydrogen) atoms. The first-order valence-electron chi connectivity index (χ1n) is 10.7. The van der Waals surface area contributed by atoms with E-state index >= 15 is 0 Å². The molecular weight excluding hydrogens is 578 g/mol. The molecule has 4 aromatic rings. The van der Waals surface area contributed by atoms with Crippen LogP contribution in [0.15, 0.2) is 105 Å². The first kappa shape index (κ1) is 24.8. The molecule has 0 saturated carbocycles. The second kappa shape index (κ2) is 11.4. The average Bonchev–Trinajstić information content (AvgIpc) is 2.85. The SMILES string of the molecule is O=S(=O)(NCCNCC=C(c1ccc(Br)cc1)c1ccc(Br)cc1)c1cccc2cnccc12. The van der Waals surface area contributed by atoms with Crippen molar-refractivity contribution >= 4 is 58.2 Å². The summed E-state index contributed by atoms with van der Waals surface area (Å²) in [5.41, 5.74) is 3.33. The molecule has 0 atom stereocenters. The fourth-order valence-electron chi connectivity index (χ4n) is 3.62. The molecule has 0 radical (unpaired) electrons. The van der Waals surface area contributed by atoms with Gasteiger partial charge in [-0.15, -0.1) is 0 Å². The molecular formula is C26H23Br2N3O2S. The van der Waals surface area contributed by atoms with Crippen molar-refractivity contribution in [3.8, 4) is 0 Å². The molecule has 1 heterocycles. The van der Waals surface area contributed by atoms with E-state index in [0.29, 0.717) is 18.5 Å². The molecule has 0 spiro atoms. The van der Waals surface area contributed by atoms with Gasteiger partial charge in [0.05, 0.1) is 4.90 Å². The van der Waals surface area contributed by atoms with Crippen LogP contribution in [0.1, 0.15) is 11.1 Å². The Morgan fingerprint density at radius 1 is 0.853 bits per heavy atom. The normalized spacial score (nSPS) is 11.5. The first-order chi connectivity index (χ1) is 16.4. The number of sulfonamides is 1. The lowest BCUT2D eigenvalue weighted by Gasteiger charge is -2.11. The van der Waals surface area contributed by atoms with Crippen molar-refractivity contribution in [3.63, 3.8) is 0 Å². The third kappa shape index (κ3) is 6.20. The standard InChI is InChI=1S/C26H23Br2N3O2S/c27-22-8-4-19(5-9-22)24(20-6-10-23(28)11-7-20)12-14-29-16-17-31-34(32,33)26-3-1-2-21-18-30-15-13-25(21)26/h1-13,15,18,29,31H,14,16-17H2. The molecule has 0 unspecified atom stereocenters. The van der Waals surface area contributed by atoms with E-state index in [1.165, 1.54) is 0 Å². The number of pyridine rings is 1. The number of halogens is 2. The van der Waals surface area contributed by atoms with E-state index in [4.69, 9.17) is 0 Å². The molecule has 0 aliphatic rings. The Balaban J connectivity index is 1.39. The highest BCUT2D eigenvalue weighted by molar-refractivity contribution is 9.10. The van der Waals surface area contributed by atoms with Crippen LogP contribution >= 0.6 is 31.9 Å². The largest absolute Gasteiger partial charge is 0.312 e. The minimum Gasteiger partial charge on any atom is -0.312 e. The molecule has 1 aromatic heterocycles. The van der Waals surface area contributed by atoms with Gasteiger partial charge in [0.1, 0.15) is 0 Å². The highest BCUT2D eigenvalue weighted by atomic mass is 79.9. The topological polar surface area (TPSA) is 71.1 Å². The predicted molar refractivity (Wildman–Crippen MR) is 145 cm³/mol. The number of nitrogens with one attached hydrogen (secondary N) is 2. The molecule has 0 fully saturated rings. The average molecular weight is 601 g/mol. The van der Waals surface area contributed by atoms with Gasteiger partial charge in [-0.1, -0.05) is 74.3 Å². The minimum absolute atomic E-state index is 0.264. The maximum Gasteiger partial charge on any atom is 0.241 e. The van der Waals surface area contributed by atoms with E-state index < -0.39 is 10.0 Å². The molecule has 0 saturated heterocycles. The molecule has 5 nitrogen and oxygen atoms in total. The van der Waals surface area contributed by atoms with Crippen LogP contribution in [0.5, 0.6) is 0 Å². The van der Waals surface area contributed by atoms with Crippen LogP contribution < -0.4 is 10.0 Å². The zero-order valence-corrected chi connectivity index (χ0v) is 22.2. The maximum absolute atomic E-state index is 12.8. The van der Waals surface area contributed by atoms with E-state index in [1.807, 2.05) is 30.3 Å². The zero-order chi connectivity index (χ0) is 24.0. The zero-order valence-electron chi connectivity index (χ0n) is 18.2. The molecule has 0 aliphatic heterocycles. The van der Waals surface area contributed by atoms with Crippen molar-refractivity contribution in [2.24, 2.45) is 0 Å². The summed E-state index contributed by atoms with van der Waals surface area (Å²) in [6.07, 6.45) is 5.39. The van der Waals surface area contributed by atoms with Crippen LogP contribution in [-0.2, 0) is 10.0 Å². The summed E-state index contributed by atoms with van der Waals surface area (Å²) in [4.78, 5) is 4.33. The van der Waals surface area contributed by atoms with Crippen LogP contribution in [0.2, 0.25) is 0 Å². The summed E-state index contributed by atoms with van der Waals surface area (Å²) < 4.78 is 30.4. The third-order valence-electron chi connectivity index (χ3n) is 5.29. The van der Waals surface area contributed by atoms with Crippen LogP contribution in [0, 0.1) is 0 Å². The lowest BCUT2D eigenvalue weighted by atomic mass is 9.97. The second-order valence-corrected chi connectivity index (χ2v) is 11.2. The lowest BCUT2D eigenvalue weighted by molar-refractivity contribution is 0.579. The van der Waals surface area contributed by atoms with Gasteiger partial charge in [-0.25, -0.2) is 13.1 Å². The number of hydrogen-bond donors (Lipinski definition) is 2. The third-order valence-corrected chi connectivity index (χ3v) is 7.86. The minimum atomic E-state index is -3.63. The molecule has 0 bridgehead atoms. The van der Waals surface area contributed by atoms with Gasteiger partial charge in [0, 0.05) is 51.7 Å². The van der Waals surface area contributed by atoms with Crippen LogP contribution in [-0.4, -0.2) is 33.0 Å². The van der Waals surface area contributed by atoms with Gasteiger partial charge in [0.15, 0.2) is 0 Å². The van der Waals surface area contributed by atoms with E-state index in [9.17, 15) is 8.42 Å². The number of aromatic nitrogens is 1. The van der Waals surface area contributed by atoms with Crippen molar-refractivity contribution in [3.05, 3.63) is 111 Å². The summed E-state index contributed by atoms with van der Waals surface area (Å²) in [5.74, 6) is 0. The van der Waals surface area contributed by atoms with Gasteiger partial charge in [0.25, 0.3) is 0 Å².